The fraction of sp³-hybridized carbons (Fsp3) is 0.559. The molecule has 0 radical (unpaired) electrons. The fourth-order valence-electron chi connectivity index (χ4n) is 7.13. The number of allylic oxidation sites excluding steroid dienone is 1. The third-order valence-electron chi connectivity index (χ3n) is 10.1. The second-order valence-corrected chi connectivity index (χ2v) is 15.8. The van der Waals surface area contributed by atoms with Crippen molar-refractivity contribution >= 4 is 44.6 Å². The van der Waals surface area contributed by atoms with Crippen molar-refractivity contribution in [2.24, 2.45) is 17.8 Å². The number of fused-ring (bicyclic) bond motifs is 3. The molecular formula is C34H43N5O9S. The number of hydrogen-bond acceptors (Lipinski definition) is 9. The summed E-state index contributed by atoms with van der Waals surface area (Å²) in [6, 6.07) is 6.85. The van der Waals surface area contributed by atoms with Crippen molar-refractivity contribution in [2.45, 2.75) is 87.8 Å². The molecule has 4 aliphatic rings. The van der Waals surface area contributed by atoms with Crippen LogP contribution in [0.3, 0.4) is 0 Å². The van der Waals surface area contributed by atoms with Gasteiger partial charge in [0, 0.05) is 23.8 Å². The van der Waals surface area contributed by atoms with Crippen LogP contribution in [0.4, 0.5) is 4.79 Å². The predicted octanol–water partition coefficient (Wildman–Crippen LogP) is 2.72. The number of nitrogens with zero attached hydrogens (tertiary/aromatic N) is 2. The van der Waals surface area contributed by atoms with Gasteiger partial charge in [0.15, 0.2) is 0 Å². The van der Waals surface area contributed by atoms with Gasteiger partial charge in [0.2, 0.25) is 33.6 Å². The highest BCUT2D eigenvalue weighted by molar-refractivity contribution is 7.91. The average molecular weight is 698 g/mol. The minimum atomic E-state index is -3.90. The van der Waals surface area contributed by atoms with Crippen LogP contribution in [-0.4, -0.2) is 89.9 Å². The number of nitrogens with one attached hydrogen (secondary N) is 3. The third-order valence-corrected chi connectivity index (χ3v) is 11.9. The number of pyridine rings is 1. The Bertz CT molecular complexity index is 1780. The van der Waals surface area contributed by atoms with Gasteiger partial charge in [-0.1, -0.05) is 44.2 Å². The minimum absolute atomic E-state index is 0.00788. The zero-order valence-electron chi connectivity index (χ0n) is 27.8. The highest BCUT2D eigenvalue weighted by Crippen LogP contribution is 2.46. The number of carboxylic acid groups (broad SMARTS) is 1. The number of rotatable bonds is 7. The van der Waals surface area contributed by atoms with E-state index < -0.39 is 74.7 Å². The fourth-order valence-corrected chi connectivity index (χ4v) is 8.49. The van der Waals surface area contributed by atoms with Gasteiger partial charge in [-0.05, 0) is 61.8 Å². The lowest BCUT2D eigenvalue weighted by atomic mass is 9.88. The van der Waals surface area contributed by atoms with Crippen LogP contribution in [0.2, 0.25) is 0 Å². The second-order valence-electron chi connectivity index (χ2n) is 13.9. The molecule has 4 N–H and O–H groups in total. The number of hydrogen-bond donors (Lipinski definition) is 4. The van der Waals surface area contributed by atoms with E-state index in [2.05, 4.69) is 20.3 Å². The van der Waals surface area contributed by atoms with E-state index in [1.807, 2.05) is 50.3 Å². The van der Waals surface area contributed by atoms with Crippen LogP contribution in [0.1, 0.15) is 58.8 Å². The highest BCUT2D eigenvalue weighted by atomic mass is 32.2. The normalized spacial score (nSPS) is 30.6. The molecule has 1 aromatic carbocycles. The van der Waals surface area contributed by atoms with Crippen molar-refractivity contribution < 1.29 is 42.2 Å². The summed E-state index contributed by atoms with van der Waals surface area (Å²) in [5.41, 5.74) is -1.52. The van der Waals surface area contributed by atoms with Crippen LogP contribution >= 0.6 is 0 Å². The van der Waals surface area contributed by atoms with Crippen molar-refractivity contribution in [2.75, 3.05) is 13.7 Å². The van der Waals surface area contributed by atoms with Crippen molar-refractivity contribution in [3.63, 3.8) is 0 Å². The monoisotopic (exact) mass is 697 g/mol. The Morgan fingerprint density at radius 3 is 2.59 bits per heavy atom. The molecule has 264 valence electrons. The molecular weight excluding hydrogens is 654 g/mol. The van der Waals surface area contributed by atoms with Gasteiger partial charge in [-0.25, -0.2) is 13.2 Å². The average Bonchev–Trinajstić information content (AvgIpc) is 3.98. The maximum Gasteiger partial charge on any atom is 0.405 e. The lowest BCUT2D eigenvalue weighted by molar-refractivity contribution is -0.142. The Labute approximate surface area is 285 Å². The molecule has 49 heavy (non-hydrogen) atoms. The van der Waals surface area contributed by atoms with Gasteiger partial charge in [0.05, 0.1) is 18.9 Å². The molecule has 1 saturated heterocycles. The zero-order valence-corrected chi connectivity index (χ0v) is 28.6. The Kier molecular flexibility index (Phi) is 9.48. The first-order valence-corrected chi connectivity index (χ1v) is 18.3. The van der Waals surface area contributed by atoms with E-state index in [1.54, 1.807) is 6.07 Å². The standard InChI is InChI=1S/C34H43N5O9S/c1-19-8-4-6-10-22-17-34(22,32(42)38-49(45,46)24-12-13-24)37-29(40)26-16-23(18-39(26)31(41)28(20(2)14-19)36-33(43)44)48-30-25-11-7-5-9-21(25)15-27(35-30)47-3/h5-7,9-11,15,19-20,22-24,26,28,36H,4,8,12-14,16-18H2,1-3H3,(H,37,40)(H,38,42)(H,43,44)/t19-,20+,22+,23+,26-,28-,34+/m0/s1. The molecule has 1 aromatic heterocycles. The topological polar surface area (TPSA) is 193 Å². The first kappa shape index (κ1) is 34.5. The molecule has 7 atom stereocenters. The summed E-state index contributed by atoms with van der Waals surface area (Å²) < 4.78 is 39.5. The van der Waals surface area contributed by atoms with E-state index in [-0.39, 0.29) is 31.2 Å². The predicted molar refractivity (Wildman–Crippen MR) is 178 cm³/mol. The van der Waals surface area contributed by atoms with Crippen LogP contribution in [0.25, 0.3) is 10.8 Å². The van der Waals surface area contributed by atoms with E-state index in [0.29, 0.717) is 36.9 Å². The summed E-state index contributed by atoms with van der Waals surface area (Å²) in [4.78, 5) is 59.9. The van der Waals surface area contributed by atoms with Crippen molar-refractivity contribution in [1.29, 1.82) is 0 Å². The van der Waals surface area contributed by atoms with Crippen LogP contribution in [-0.2, 0) is 24.4 Å². The Morgan fingerprint density at radius 2 is 1.88 bits per heavy atom. The maximum atomic E-state index is 14.3. The van der Waals surface area contributed by atoms with Crippen LogP contribution in [0, 0.1) is 17.8 Å². The van der Waals surface area contributed by atoms with Gasteiger partial charge >= 0.3 is 6.09 Å². The zero-order chi connectivity index (χ0) is 35.1. The van der Waals surface area contributed by atoms with Crippen LogP contribution in [0.5, 0.6) is 11.8 Å². The van der Waals surface area contributed by atoms with Crippen molar-refractivity contribution in [3.05, 3.63) is 42.5 Å². The SMILES string of the molecule is COc1cc2ccccc2c(O[C@@H]2C[C@H]3C(=O)N[C@]4(C(=O)NS(=O)(=O)C5CC5)C[C@H]4C=CCC[C@H](C)C[C@@H](C)[C@H](NC(=O)O)C(=O)N3C2)n1. The molecule has 0 bridgehead atoms. The number of sulfonamides is 1. The molecule has 14 nitrogen and oxygen atoms in total. The largest absolute Gasteiger partial charge is 0.481 e. The summed E-state index contributed by atoms with van der Waals surface area (Å²) in [7, 11) is -2.41. The number of ether oxygens (including phenoxy) is 2. The van der Waals surface area contributed by atoms with E-state index in [4.69, 9.17) is 9.47 Å². The number of carbonyl (C=O) groups excluding carboxylic acids is 3. The number of aromatic nitrogens is 1. The van der Waals surface area contributed by atoms with Crippen molar-refractivity contribution in [3.8, 4) is 11.8 Å². The molecule has 3 heterocycles. The Balaban J connectivity index is 1.34. The number of methoxy groups -OCH3 is 1. The lowest BCUT2D eigenvalue weighted by Gasteiger charge is -2.32. The molecule has 2 aromatic rings. The maximum absolute atomic E-state index is 14.3. The second kappa shape index (κ2) is 13.5. The molecule has 0 spiro atoms. The van der Waals surface area contributed by atoms with E-state index in [9.17, 15) is 32.7 Å². The molecule has 2 aliphatic heterocycles. The molecule has 0 unspecified atom stereocenters. The van der Waals surface area contributed by atoms with Gasteiger partial charge in [-0.2, -0.15) is 4.98 Å². The molecule has 2 saturated carbocycles. The first-order valence-electron chi connectivity index (χ1n) is 16.8. The van der Waals surface area contributed by atoms with Crippen LogP contribution < -0.4 is 24.8 Å². The minimum Gasteiger partial charge on any atom is -0.481 e. The lowest BCUT2D eigenvalue weighted by Crippen LogP contribution is -2.59. The van der Waals surface area contributed by atoms with Gasteiger partial charge < -0.3 is 30.1 Å². The molecule has 6 rings (SSSR count). The smallest absolute Gasteiger partial charge is 0.405 e. The summed E-state index contributed by atoms with van der Waals surface area (Å²) in [5, 5.41) is 15.8. The summed E-state index contributed by atoms with van der Waals surface area (Å²) in [6.07, 6.45) is 4.73. The summed E-state index contributed by atoms with van der Waals surface area (Å²) in [6.45, 7) is 3.77. The molecule has 2 aliphatic carbocycles. The summed E-state index contributed by atoms with van der Waals surface area (Å²) in [5.74, 6) is -2.23. The first-order chi connectivity index (χ1) is 23.3. The Morgan fingerprint density at radius 1 is 1.12 bits per heavy atom. The van der Waals surface area contributed by atoms with Crippen LogP contribution in [0.15, 0.2) is 42.5 Å². The number of carbonyl (C=O) groups is 4. The van der Waals surface area contributed by atoms with E-state index in [0.717, 1.165) is 11.8 Å². The third kappa shape index (κ3) is 7.31. The molecule has 15 heteroatoms. The molecule has 3 fully saturated rings. The number of amides is 4. The number of benzene rings is 1. The quantitative estimate of drug-likeness (QED) is 0.313. The van der Waals surface area contributed by atoms with E-state index >= 15 is 0 Å². The van der Waals surface area contributed by atoms with Gasteiger partial charge in [-0.15, -0.1) is 0 Å². The highest BCUT2D eigenvalue weighted by Gasteiger charge is 2.62. The van der Waals surface area contributed by atoms with Gasteiger partial charge in [0.1, 0.15) is 23.7 Å². The summed E-state index contributed by atoms with van der Waals surface area (Å²) >= 11 is 0. The molecule has 4 amide bonds. The van der Waals surface area contributed by atoms with Gasteiger partial charge in [-0.3, -0.25) is 19.1 Å². The van der Waals surface area contributed by atoms with Gasteiger partial charge in [0.25, 0.3) is 5.91 Å². The van der Waals surface area contributed by atoms with Crippen molar-refractivity contribution in [1.82, 2.24) is 25.2 Å². The Hall–Kier alpha value is -4.40. The van der Waals surface area contributed by atoms with E-state index in [1.165, 1.54) is 12.0 Å².